The molecule has 0 saturated carbocycles. The number of nitro benzene ring substituents is 1. The Hall–Kier alpha value is -3.13. The topological polar surface area (TPSA) is 98.0 Å². The van der Waals surface area contributed by atoms with Gasteiger partial charge in [-0.3, -0.25) is 20.2 Å². The summed E-state index contributed by atoms with van der Waals surface area (Å²) >= 11 is 1.16. The van der Waals surface area contributed by atoms with Gasteiger partial charge in [0.25, 0.3) is 11.6 Å². The molecule has 1 N–H and O–H groups in total. The van der Waals surface area contributed by atoms with Crippen molar-refractivity contribution in [1.29, 1.82) is 0 Å². The predicted molar refractivity (Wildman–Crippen MR) is 86.4 cm³/mol. The van der Waals surface area contributed by atoms with Crippen LogP contribution in [0.3, 0.4) is 0 Å². The van der Waals surface area contributed by atoms with Crippen LogP contribution in [0.5, 0.6) is 0 Å². The van der Waals surface area contributed by atoms with E-state index >= 15 is 0 Å². The number of anilines is 1. The van der Waals surface area contributed by atoms with Gasteiger partial charge in [0.1, 0.15) is 5.01 Å². The Kier molecular flexibility index (Phi) is 4.07. The first-order valence-corrected chi connectivity index (χ1v) is 7.36. The Balaban J connectivity index is 1.77. The van der Waals surface area contributed by atoms with Gasteiger partial charge in [-0.15, -0.1) is 0 Å². The minimum atomic E-state index is -0.550. The third kappa shape index (κ3) is 3.38. The number of nitrogens with one attached hydrogen (secondary N) is 1. The first-order chi connectivity index (χ1) is 11.1. The van der Waals surface area contributed by atoms with Gasteiger partial charge in [0.2, 0.25) is 5.95 Å². The van der Waals surface area contributed by atoms with Gasteiger partial charge in [0, 0.05) is 23.3 Å². The molecule has 0 unspecified atom stereocenters. The highest BCUT2D eigenvalue weighted by molar-refractivity contribution is 7.09. The third-order valence-electron chi connectivity index (χ3n) is 2.99. The van der Waals surface area contributed by atoms with Crippen molar-refractivity contribution in [2.24, 2.45) is 0 Å². The average Bonchev–Trinajstić information content (AvgIpc) is 3.04. The first kappa shape index (κ1) is 14.8. The van der Waals surface area contributed by atoms with E-state index in [-0.39, 0.29) is 17.2 Å². The molecule has 1 heterocycles. The van der Waals surface area contributed by atoms with Crippen molar-refractivity contribution >= 4 is 29.1 Å². The summed E-state index contributed by atoms with van der Waals surface area (Å²) in [7, 11) is 0. The lowest BCUT2D eigenvalue weighted by Gasteiger charge is -2.00. The van der Waals surface area contributed by atoms with Gasteiger partial charge in [-0.25, -0.2) is 0 Å². The quantitative estimate of drug-likeness (QED) is 0.585. The molecular weight excluding hydrogens is 316 g/mol. The second-order valence-corrected chi connectivity index (χ2v) is 5.30. The maximum Gasteiger partial charge on any atom is 0.270 e. The van der Waals surface area contributed by atoms with E-state index in [0.29, 0.717) is 5.01 Å². The Labute approximate surface area is 134 Å². The normalized spacial score (nSPS) is 10.3. The van der Waals surface area contributed by atoms with E-state index in [1.807, 2.05) is 30.3 Å². The number of carbonyl (C=O) groups excluding carboxylic acids is 1. The van der Waals surface area contributed by atoms with E-state index in [2.05, 4.69) is 14.7 Å². The smallest absolute Gasteiger partial charge is 0.270 e. The van der Waals surface area contributed by atoms with Crippen LogP contribution in [-0.4, -0.2) is 20.2 Å². The van der Waals surface area contributed by atoms with Gasteiger partial charge in [-0.2, -0.15) is 9.36 Å². The highest BCUT2D eigenvalue weighted by Gasteiger charge is 2.14. The number of rotatable bonds is 4. The largest absolute Gasteiger partial charge is 0.290 e. The lowest BCUT2D eigenvalue weighted by molar-refractivity contribution is -0.384. The summed E-state index contributed by atoms with van der Waals surface area (Å²) in [5.74, 6) is -0.323. The third-order valence-corrected chi connectivity index (χ3v) is 3.76. The van der Waals surface area contributed by atoms with Crippen LogP contribution in [0.1, 0.15) is 10.4 Å². The maximum absolute atomic E-state index is 12.1. The lowest BCUT2D eigenvalue weighted by Crippen LogP contribution is -2.13. The van der Waals surface area contributed by atoms with Crippen LogP contribution in [0.4, 0.5) is 11.6 Å². The molecule has 0 aliphatic carbocycles. The van der Waals surface area contributed by atoms with Crippen LogP contribution in [0.2, 0.25) is 0 Å². The van der Waals surface area contributed by atoms with Crippen LogP contribution >= 0.6 is 11.5 Å². The van der Waals surface area contributed by atoms with E-state index in [1.165, 1.54) is 24.3 Å². The molecule has 0 aliphatic heterocycles. The Morgan fingerprint density at radius 1 is 1.13 bits per heavy atom. The molecule has 0 radical (unpaired) electrons. The maximum atomic E-state index is 12.1. The summed E-state index contributed by atoms with van der Waals surface area (Å²) in [6, 6.07) is 14.9. The molecule has 114 valence electrons. The van der Waals surface area contributed by atoms with Gasteiger partial charge in [0.15, 0.2) is 0 Å². The lowest BCUT2D eigenvalue weighted by atomic mass is 10.2. The summed E-state index contributed by atoms with van der Waals surface area (Å²) < 4.78 is 4.08. The van der Waals surface area contributed by atoms with E-state index < -0.39 is 10.8 Å². The number of nitrogens with zero attached hydrogens (tertiary/aromatic N) is 3. The number of non-ortho nitro benzene ring substituents is 1. The molecule has 0 spiro atoms. The second-order valence-electron chi connectivity index (χ2n) is 4.55. The summed E-state index contributed by atoms with van der Waals surface area (Å²) in [4.78, 5) is 26.6. The van der Waals surface area contributed by atoms with Crippen LogP contribution in [-0.2, 0) is 0 Å². The summed E-state index contributed by atoms with van der Waals surface area (Å²) in [5.41, 5.74) is 0.935. The van der Waals surface area contributed by atoms with Crippen molar-refractivity contribution in [2.75, 3.05) is 5.32 Å². The number of benzene rings is 2. The zero-order chi connectivity index (χ0) is 16.2. The van der Waals surface area contributed by atoms with Crippen molar-refractivity contribution in [3.63, 3.8) is 0 Å². The molecule has 3 aromatic rings. The minimum Gasteiger partial charge on any atom is -0.290 e. The molecule has 0 fully saturated rings. The van der Waals surface area contributed by atoms with Crippen molar-refractivity contribution in [2.45, 2.75) is 0 Å². The molecule has 1 aromatic heterocycles. The number of hydrogen-bond acceptors (Lipinski definition) is 6. The molecular formula is C15H10N4O3S. The summed E-state index contributed by atoms with van der Waals surface area (Å²) in [5, 5.41) is 14.0. The van der Waals surface area contributed by atoms with Gasteiger partial charge in [-0.05, 0) is 17.6 Å². The number of aromatic nitrogens is 2. The van der Waals surface area contributed by atoms with Crippen molar-refractivity contribution in [1.82, 2.24) is 9.36 Å². The number of amides is 1. The number of carbonyl (C=O) groups is 1. The molecule has 1 amide bonds. The number of nitro groups is 1. The van der Waals surface area contributed by atoms with Gasteiger partial charge in [-0.1, -0.05) is 36.4 Å². The van der Waals surface area contributed by atoms with Gasteiger partial charge < -0.3 is 0 Å². The molecule has 2 aromatic carbocycles. The van der Waals surface area contributed by atoms with E-state index in [4.69, 9.17) is 0 Å². The van der Waals surface area contributed by atoms with Crippen molar-refractivity contribution in [3.8, 4) is 10.6 Å². The van der Waals surface area contributed by atoms with E-state index in [1.54, 1.807) is 0 Å². The van der Waals surface area contributed by atoms with Crippen LogP contribution in [0.25, 0.3) is 10.6 Å². The molecule has 0 bridgehead atoms. The van der Waals surface area contributed by atoms with Gasteiger partial charge >= 0.3 is 0 Å². The number of hydrogen-bond donors (Lipinski definition) is 1. The first-order valence-electron chi connectivity index (χ1n) is 6.58. The molecule has 0 aliphatic rings. The van der Waals surface area contributed by atoms with Crippen LogP contribution in [0.15, 0.2) is 54.6 Å². The molecule has 0 atom stereocenters. The monoisotopic (exact) mass is 326 g/mol. The van der Waals surface area contributed by atoms with Crippen molar-refractivity contribution < 1.29 is 9.72 Å². The SMILES string of the molecule is O=C(Nc1nsc(-c2ccccc2)n1)c1cccc([N+](=O)[O-])c1. The molecule has 3 rings (SSSR count). The fraction of sp³-hybridized carbons (Fsp3) is 0. The fourth-order valence-electron chi connectivity index (χ4n) is 1.91. The molecule has 23 heavy (non-hydrogen) atoms. The Morgan fingerprint density at radius 3 is 2.65 bits per heavy atom. The van der Waals surface area contributed by atoms with E-state index in [9.17, 15) is 14.9 Å². The second kappa shape index (κ2) is 6.32. The van der Waals surface area contributed by atoms with E-state index in [0.717, 1.165) is 17.1 Å². The average molecular weight is 326 g/mol. The Bertz CT molecular complexity index is 864. The minimum absolute atomic E-state index is 0.145. The zero-order valence-corrected chi connectivity index (χ0v) is 12.5. The zero-order valence-electron chi connectivity index (χ0n) is 11.7. The molecule has 0 saturated heterocycles. The highest BCUT2D eigenvalue weighted by Crippen LogP contribution is 2.23. The van der Waals surface area contributed by atoms with Crippen LogP contribution < -0.4 is 5.32 Å². The summed E-state index contributed by atoms with van der Waals surface area (Å²) in [6.07, 6.45) is 0. The Morgan fingerprint density at radius 2 is 1.91 bits per heavy atom. The standard InChI is InChI=1S/C15H10N4O3S/c20-13(11-7-4-8-12(9-11)19(21)22)16-15-17-14(23-18-15)10-5-2-1-3-6-10/h1-9H,(H,16,18,20). The fourth-order valence-corrected chi connectivity index (χ4v) is 2.53. The molecule has 8 heteroatoms. The van der Waals surface area contributed by atoms with Gasteiger partial charge in [0.05, 0.1) is 4.92 Å². The highest BCUT2D eigenvalue weighted by atomic mass is 32.1. The van der Waals surface area contributed by atoms with Crippen LogP contribution in [0, 0.1) is 10.1 Å². The predicted octanol–water partition coefficient (Wildman–Crippen LogP) is 3.37. The van der Waals surface area contributed by atoms with Crippen molar-refractivity contribution in [3.05, 3.63) is 70.3 Å². The summed E-state index contributed by atoms with van der Waals surface area (Å²) in [6.45, 7) is 0. The molecule has 7 nitrogen and oxygen atoms in total.